The van der Waals surface area contributed by atoms with E-state index in [-0.39, 0.29) is 12.7 Å². The molecule has 1 saturated heterocycles. The first-order chi connectivity index (χ1) is 11.6. The molecule has 1 aromatic carbocycles. The molecule has 0 bridgehead atoms. The van der Waals surface area contributed by atoms with Crippen LogP contribution in [-0.2, 0) is 24.4 Å². The smallest absolute Gasteiger partial charge is 0.255 e. The fourth-order valence-electron chi connectivity index (χ4n) is 3.33. The fourth-order valence-corrected chi connectivity index (χ4v) is 3.33. The molecule has 1 atom stereocenters. The van der Waals surface area contributed by atoms with Crippen LogP contribution in [0.2, 0.25) is 0 Å². The Morgan fingerprint density at radius 3 is 2.71 bits per heavy atom. The quantitative estimate of drug-likeness (QED) is 0.847. The van der Waals surface area contributed by atoms with Crippen LogP contribution in [0, 0.1) is 20.8 Å². The van der Waals surface area contributed by atoms with Gasteiger partial charge in [-0.15, -0.1) is 0 Å². The second kappa shape index (κ2) is 7.42. The summed E-state index contributed by atoms with van der Waals surface area (Å²) in [6.07, 6.45) is 1.94. The maximum Gasteiger partial charge on any atom is 0.255 e. The van der Waals surface area contributed by atoms with E-state index >= 15 is 0 Å². The van der Waals surface area contributed by atoms with Crippen LogP contribution < -0.4 is 5.32 Å². The Morgan fingerprint density at radius 1 is 1.21 bits per heavy atom. The SMILES string of the molecule is Cc1cc(C)c(CNCc2noc([C@H]3CCCO3)n2)c(C)c1CO. The van der Waals surface area contributed by atoms with Crippen molar-refractivity contribution in [2.45, 2.75) is 59.4 Å². The van der Waals surface area contributed by atoms with E-state index in [1.54, 1.807) is 0 Å². The van der Waals surface area contributed by atoms with Gasteiger partial charge >= 0.3 is 0 Å². The Bertz CT molecular complexity index is 706. The molecule has 0 unspecified atom stereocenters. The first-order valence-corrected chi connectivity index (χ1v) is 8.44. The molecule has 0 amide bonds. The van der Waals surface area contributed by atoms with Crippen molar-refractivity contribution in [3.63, 3.8) is 0 Å². The Balaban J connectivity index is 1.62. The van der Waals surface area contributed by atoms with Crippen molar-refractivity contribution in [2.75, 3.05) is 6.61 Å². The largest absolute Gasteiger partial charge is 0.392 e. The molecule has 1 aromatic heterocycles. The van der Waals surface area contributed by atoms with E-state index in [0.29, 0.717) is 24.8 Å². The zero-order valence-electron chi connectivity index (χ0n) is 14.6. The molecule has 1 aliphatic heterocycles. The maximum atomic E-state index is 9.56. The molecule has 2 aromatic rings. The fraction of sp³-hybridized carbons (Fsp3) is 0.556. The van der Waals surface area contributed by atoms with Crippen molar-refractivity contribution in [3.8, 4) is 0 Å². The molecule has 24 heavy (non-hydrogen) atoms. The van der Waals surface area contributed by atoms with Gasteiger partial charge in [0.15, 0.2) is 5.82 Å². The van der Waals surface area contributed by atoms with Gasteiger partial charge in [0, 0.05) is 13.2 Å². The summed E-state index contributed by atoms with van der Waals surface area (Å²) >= 11 is 0. The number of ether oxygens (including phenoxy) is 1. The Morgan fingerprint density at radius 2 is 2.00 bits per heavy atom. The third-order valence-corrected chi connectivity index (χ3v) is 4.72. The van der Waals surface area contributed by atoms with Crippen LogP contribution in [0.1, 0.15) is 58.5 Å². The van der Waals surface area contributed by atoms with Crippen molar-refractivity contribution in [2.24, 2.45) is 0 Å². The second-order valence-corrected chi connectivity index (χ2v) is 6.40. The Hall–Kier alpha value is -1.76. The molecule has 2 N–H and O–H groups in total. The minimum absolute atomic E-state index is 0.0417. The lowest BCUT2D eigenvalue weighted by atomic mass is 9.94. The summed E-state index contributed by atoms with van der Waals surface area (Å²) in [6.45, 7) is 8.27. The molecule has 6 nitrogen and oxygen atoms in total. The number of aromatic nitrogens is 2. The molecular formula is C18H25N3O3. The highest BCUT2D eigenvalue weighted by Gasteiger charge is 2.23. The van der Waals surface area contributed by atoms with Crippen molar-refractivity contribution in [1.82, 2.24) is 15.5 Å². The van der Waals surface area contributed by atoms with Gasteiger partial charge in [-0.2, -0.15) is 4.98 Å². The average Bonchev–Trinajstić information content (AvgIpc) is 3.21. The first-order valence-electron chi connectivity index (χ1n) is 8.44. The normalized spacial score (nSPS) is 17.6. The van der Waals surface area contributed by atoms with Crippen LogP contribution in [0.15, 0.2) is 10.6 Å². The van der Waals surface area contributed by atoms with Crippen LogP contribution in [-0.4, -0.2) is 21.9 Å². The van der Waals surface area contributed by atoms with Gasteiger partial charge in [0.1, 0.15) is 6.10 Å². The van der Waals surface area contributed by atoms with Crippen molar-refractivity contribution in [1.29, 1.82) is 0 Å². The summed E-state index contributed by atoms with van der Waals surface area (Å²) in [5.74, 6) is 1.22. The predicted octanol–water partition coefficient (Wildman–Crippen LogP) is 2.63. The topological polar surface area (TPSA) is 80.4 Å². The van der Waals surface area contributed by atoms with Crippen molar-refractivity contribution >= 4 is 0 Å². The van der Waals surface area contributed by atoms with Gasteiger partial charge in [0.2, 0.25) is 0 Å². The van der Waals surface area contributed by atoms with Gasteiger partial charge in [-0.1, -0.05) is 11.2 Å². The average molecular weight is 331 g/mol. The van der Waals surface area contributed by atoms with E-state index in [1.165, 1.54) is 11.1 Å². The summed E-state index contributed by atoms with van der Waals surface area (Å²) in [4.78, 5) is 4.41. The third-order valence-electron chi connectivity index (χ3n) is 4.72. The molecule has 0 aliphatic carbocycles. The van der Waals surface area contributed by atoms with Crippen molar-refractivity contribution in [3.05, 3.63) is 45.6 Å². The second-order valence-electron chi connectivity index (χ2n) is 6.40. The minimum Gasteiger partial charge on any atom is -0.392 e. The van der Waals surface area contributed by atoms with Gasteiger partial charge in [-0.25, -0.2) is 0 Å². The lowest BCUT2D eigenvalue weighted by molar-refractivity contribution is 0.0835. The first kappa shape index (κ1) is 17.1. The van der Waals surface area contributed by atoms with Gasteiger partial charge in [0.05, 0.1) is 13.2 Å². The molecular weight excluding hydrogens is 306 g/mol. The predicted molar refractivity (Wildman–Crippen MR) is 89.3 cm³/mol. The molecule has 0 radical (unpaired) electrons. The highest BCUT2D eigenvalue weighted by molar-refractivity contribution is 5.44. The molecule has 1 fully saturated rings. The molecule has 0 spiro atoms. The highest BCUT2D eigenvalue weighted by atomic mass is 16.5. The summed E-state index contributed by atoms with van der Waals surface area (Å²) in [5.41, 5.74) is 5.74. The van der Waals surface area contributed by atoms with Crippen LogP contribution in [0.25, 0.3) is 0 Å². The number of hydrogen-bond donors (Lipinski definition) is 2. The number of aliphatic hydroxyl groups excluding tert-OH is 1. The molecule has 2 heterocycles. The summed E-state index contributed by atoms with van der Waals surface area (Å²) in [6, 6.07) is 2.12. The Kier molecular flexibility index (Phi) is 5.28. The maximum absolute atomic E-state index is 9.56. The number of rotatable bonds is 6. The summed E-state index contributed by atoms with van der Waals surface area (Å²) in [7, 11) is 0. The number of aryl methyl sites for hydroxylation is 2. The van der Waals surface area contributed by atoms with Crippen LogP contribution in [0.4, 0.5) is 0 Å². The number of nitrogens with one attached hydrogen (secondary N) is 1. The van der Waals surface area contributed by atoms with E-state index in [4.69, 9.17) is 9.26 Å². The monoisotopic (exact) mass is 331 g/mol. The van der Waals surface area contributed by atoms with E-state index in [9.17, 15) is 5.11 Å². The van der Waals surface area contributed by atoms with E-state index < -0.39 is 0 Å². The zero-order valence-corrected chi connectivity index (χ0v) is 14.6. The Labute approximate surface area is 142 Å². The van der Waals surface area contributed by atoms with Gasteiger partial charge < -0.3 is 19.7 Å². The lowest BCUT2D eigenvalue weighted by Gasteiger charge is -2.16. The minimum atomic E-state index is -0.0417. The molecule has 130 valence electrons. The number of nitrogens with zero attached hydrogens (tertiary/aromatic N) is 2. The van der Waals surface area contributed by atoms with Gasteiger partial charge in [-0.05, 0) is 61.4 Å². The number of benzene rings is 1. The van der Waals surface area contributed by atoms with E-state index in [2.05, 4.69) is 35.4 Å². The molecule has 6 heteroatoms. The molecule has 1 aliphatic rings. The summed E-state index contributed by atoms with van der Waals surface area (Å²) < 4.78 is 10.8. The van der Waals surface area contributed by atoms with E-state index in [1.807, 2.05) is 6.92 Å². The number of aliphatic hydroxyl groups is 1. The number of hydrogen-bond acceptors (Lipinski definition) is 6. The molecule has 3 rings (SSSR count). The standard InChI is InChI=1S/C18H25N3O3/c1-11-7-12(2)15(10-22)13(3)14(11)8-19-9-17-20-18(24-21-17)16-5-4-6-23-16/h7,16,19,22H,4-6,8-10H2,1-3H3/t16-/m1/s1. The van der Waals surface area contributed by atoms with Crippen LogP contribution in [0.3, 0.4) is 0 Å². The molecule has 0 saturated carbocycles. The van der Waals surface area contributed by atoms with Gasteiger partial charge in [-0.3, -0.25) is 0 Å². The van der Waals surface area contributed by atoms with E-state index in [0.717, 1.165) is 36.1 Å². The highest BCUT2D eigenvalue weighted by Crippen LogP contribution is 2.27. The lowest BCUT2D eigenvalue weighted by Crippen LogP contribution is -2.16. The summed E-state index contributed by atoms with van der Waals surface area (Å²) in [5, 5.41) is 16.9. The van der Waals surface area contributed by atoms with Crippen LogP contribution in [0.5, 0.6) is 0 Å². The van der Waals surface area contributed by atoms with Crippen LogP contribution >= 0.6 is 0 Å². The van der Waals surface area contributed by atoms with Crippen molar-refractivity contribution < 1.29 is 14.4 Å². The zero-order chi connectivity index (χ0) is 17.1. The third kappa shape index (κ3) is 3.50. The van der Waals surface area contributed by atoms with Gasteiger partial charge in [0.25, 0.3) is 5.89 Å².